The average Bonchev–Trinajstić information content (AvgIpc) is 2.09. The third kappa shape index (κ3) is 2.41. The van der Waals surface area contributed by atoms with E-state index in [1.165, 1.54) is 0 Å². The molecule has 0 bridgehead atoms. The Balaban J connectivity index is 2.58. The van der Waals surface area contributed by atoms with Crippen molar-refractivity contribution >= 4 is 11.4 Å². The van der Waals surface area contributed by atoms with Gasteiger partial charge in [-0.3, -0.25) is 20.6 Å². The van der Waals surface area contributed by atoms with Gasteiger partial charge in [-0.25, -0.2) is 0 Å². The van der Waals surface area contributed by atoms with Crippen LogP contribution in [0.2, 0.25) is 0 Å². The Kier molecular flexibility index (Phi) is 3.37. The first-order valence-corrected chi connectivity index (χ1v) is 3.55. The van der Waals surface area contributed by atoms with Crippen LogP contribution >= 0.6 is 0 Å². The number of hydrogen-bond acceptors (Lipinski definition) is 4. The van der Waals surface area contributed by atoms with Gasteiger partial charge in [0.1, 0.15) is 0 Å². The summed E-state index contributed by atoms with van der Waals surface area (Å²) in [7, 11) is 3.14. The molecule has 0 amide bonds. The molecule has 1 aromatic rings. The smallest absolute Gasteiger partial charge is 0.0636 e. The molecule has 4 nitrogen and oxygen atoms in total. The molecule has 0 unspecified atom stereocenters. The Morgan fingerprint density at radius 3 is 1.42 bits per heavy atom. The highest BCUT2D eigenvalue weighted by atomic mass is 16.6. The number of benzene rings is 1. The highest BCUT2D eigenvalue weighted by Gasteiger charge is 1.91. The van der Waals surface area contributed by atoms with Crippen LogP contribution in [0, 0.1) is 0 Å². The minimum absolute atomic E-state index is 0.902. The molecule has 4 heteroatoms. The zero-order chi connectivity index (χ0) is 8.81. The molecule has 0 fully saturated rings. The van der Waals surface area contributed by atoms with Gasteiger partial charge in [0.15, 0.2) is 0 Å². The van der Waals surface area contributed by atoms with Crippen LogP contribution < -0.4 is 11.0 Å². The second kappa shape index (κ2) is 4.58. The predicted molar refractivity (Wildman–Crippen MR) is 47.7 cm³/mol. The molecule has 0 aliphatic rings. The van der Waals surface area contributed by atoms with E-state index in [4.69, 9.17) is 9.68 Å². The van der Waals surface area contributed by atoms with Crippen LogP contribution in [0.4, 0.5) is 11.4 Å². The predicted octanol–water partition coefficient (Wildman–Crippen LogP) is 1.63. The molecular formula is C8H12N2O2. The number of rotatable bonds is 4. The summed E-state index contributed by atoms with van der Waals surface area (Å²) in [6.07, 6.45) is 0. The van der Waals surface area contributed by atoms with Crippen molar-refractivity contribution in [1.82, 2.24) is 0 Å². The van der Waals surface area contributed by atoms with Gasteiger partial charge in [-0.15, -0.1) is 0 Å². The van der Waals surface area contributed by atoms with Gasteiger partial charge < -0.3 is 0 Å². The molecule has 1 aromatic carbocycles. The average molecular weight is 168 g/mol. The van der Waals surface area contributed by atoms with E-state index in [0.29, 0.717) is 0 Å². The Hall–Kier alpha value is -1.26. The largest absolute Gasteiger partial charge is 0.279 e. The number of hydrogen-bond donors (Lipinski definition) is 2. The van der Waals surface area contributed by atoms with Crippen LogP contribution in [0.3, 0.4) is 0 Å². The van der Waals surface area contributed by atoms with Crippen molar-refractivity contribution in [2.75, 3.05) is 25.2 Å². The summed E-state index contributed by atoms with van der Waals surface area (Å²) in [5.74, 6) is 0. The zero-order valence-corrected chi connectivity index (χ0v) is 7.13. The first-order valence-electron chi connectivity index (χ1n) is 3.55. The van der Waals surface area contributed by atoms with Crippen LogP contribution in [0.1, 0.15) is 0 Å². The Labute approximate surface area is 71.4 Å². The van der Waals surface area contributed by atoms with E-state index >= 15 is 0 Å². The highest BCUT2D eigenvalue weighted by molar-refractivity contribution is 5.51. The van der Waals surface area contributed by atoms with Gasteiger partial charge in [0, 0.05) is 0 Å². The molecule has 0 saturated carbocycles. The third-order valence-corrected chi connectivity index (χ3v) is 1.32. The molecule has 0 saturated heterocycles. The lowest BCUT2D eigenvalue weighted by atomic mass is 10.3. The summed E-state index contributed by atoms with van der Waals surface area (Å²) in [6.45, 7) is 0. The van der Waals surface area contributed by atoms with Crippen LogP contribution in [-0.4, -0.2) is 14.2 Å². The lowest BCUT2D eigenvalue weighted by molar-refractivity contribution is 0.269. The van der Waals surface area contributed by atoms with E-state index in [9.17, 15) is 0 Å². The van der Waals surface area contributed by atoms with Crippen LogP contribution in [0.5, 0.6) is 0 Å². The minimum atomic E-state index is 0.902. The van der Waals surface area contributed by atoms with E-state index in [2.05, 4.69) is 11.0 Å². The lowest BCUT2D eigenvalue weighted by Gasteiger charge is -2.05. The topological polar surface area (TPSA) is 42.5 Å². The minimum Gasteiger partial charge on any atom is -0.279 e. The Morgan fingerprint density at radius 2 is 1.17 bits per heavy atom. The number of anilines is 2. The van der Waals surface area contributed by atoms with E-state index < -0.39 is 0 Å². The van der Waals surface area contributed by atoms with Crippen molar-refractivity contribution in [2.24, 2.45) is 0 Å². The molecule has 0 aliphatic carbocycles. The standard InChI is InChI=1S/C8H12N2O2/c1-11-9-7-3-5-8(6-4-7)10-12-2/h3-6,9-10H,1-2H3. The van der Waals surface area contributed by atoms with E-state index in [1.807, 2.05) is 24.3 Å². The van der Waals surface area contributed by atoms with Crippen molar-refractivity contribution in [1.29, 1.82) is 0 Å². The number of nitrogens with one attached hydrogen (secondary N) is 2. The monoisotopic (exact) mass is 168 g/mol. The van der Waals surface area contributed by atoms with E-state index in [1.54, 1.807) is 14.2 Å². The molecular weight excluding hydrogens is 156 g/mol. The maximum Gasteiger partial charge on any atom is 0.0636 e. The molecule has 0 radical (unpaired) electrons. The maximum atomic E-state index is 4.73. The third-order valence-electron chi connectivity index (χ3n) is 1.32. The van der Waals surface area contributed by atoms with Gasteiger partial charge in [-0.05, 0) is 24.3 Å². The molecule has 0 heterocycles. The molecule has 0 aliphatic heterocycles. The Bertz CT molecular complexity index is 198. The summed E-state index contributed by atoms with van der Waals surface area (Å²) in [4.78, 5) is 9.45. The van der Waals surface area contributed by atoms with Crippen molar-refractivity contribution < 1.29 is 9.68 Å². The van der Waals surface area contributed by atoms with Crippen LogP contribution in [0.15, 0.2) is 24.3 Å². The molecule has 66 valence electrons. The summed E-state index contributed by atoms with van der Waals surface area (Å²) in [5, 5.41) is 0. The molecule has 0 aromatic heterocycles. The summed E-state index contributed by atoms with van der Waals surface area (Å²) in [6, 6.07) is 7.52. The quantitative estimate of drug-likeness (QED) is 0.670. The zero-order valence-electron chi connectivity index (χ0n) is 7.13. The molecule has 0 atom stereocenters. The Morgan fingerprint density at radius 1 is 0.833 bits per heavy atom. The van der Waals surface area contributed by atoms with Gasteiger partial charge in [0.25, 0.3) is 0 Å². The summed E-state index contributed by atoms with van der Waals surface area (Å²) >= 11 is 0. The van der Waals surface area contributed by atoms with Crippen LogP contribution in [0.25, 0.3) is 0 Å². The first kappa shape index (κ1) is 8.83. The molecule has 2 N–H and O–H groups in total. The van der Waals surface area contributed by atoms with Gasteiger partial charge in [-0.2, -0.15) is 0 Å². The van der Waals surface area contributed by atoms with Gasteiger partial charge in [0.05, 0.1) is 25.6 Å². The van der Waals surface area contributed by atoms with Gasteiger partial charge >= 0.3 is 0 Å². The molecule has 12 heavy (non-hydrogen) atoms. The fraction of sp³-hybridized carbons (Fsp3) is 0.250. The van der Waals surface area contributed by atoms with Gasteiger partial charge in [0.2, 0.25) is 0 Å². The van der Waals surface area contributed by atoms with E-state index in [0.717, 1.165) is 11.4 Å². The summed E-state index contributed by atoms with van der Waals surface area (Å²) < 4.78 is 0. The lowest BCUT2D eigenvalue weighted by Crippen LogP contribution is -1.97. The molecule has 1 rings (SSSR count). The highest BCUT2D eigenvalue weighted by Crippen LogP contribution is 2.12. The first-order chi connectivity index (χ1) is 5.86. The second-order valence-electron chi connectivity index (χ2n) is 2.19. The summed E-state index contributed by atoms with van der Waals surface area (Å²) in [5.41, 5.74) is 7.22. The van der Waals surface area contributed by atoms with Crippen molar-refractivity contribution in [3.8, 4) is 0 Å². The maximum absolute atomic E-state index is 4.73. The van der Waals surface area contributed by atoms with Gasteiger partial charge in [-0.1, -0.05) is 0 Å². The van der Waals surface area contributed by atoms with Crippen molar-refractivity contribution in [3.05, 3.63) is 24.3 Å². The second-order valence-corrected chi connectivity index (χ2v) is 2.19. The SMILES string of the molecule is CONc1ccc(NOC)cc1. The van der Waals surface area contributed by atoms with E-state index in [-0.39, 0.29) is 0 Å². The van der Waals surface area contributed by atoms with Crippen molar-refractivity contribution in [3.63, 3.8) is 0 Å². The fourth-order valence-electron chi connectivity index (χ4n) is 0.842. The molecule has 0 spiro atoms. The fourth-order valence-corrected chi connectivity index (χ4v) is 0.842. The van der Waals surface area contributed by atoms with Crippen LogP contribution in [-0.2, 0) is 9.68 Å². The normalized spacial score (nSPS) is 9.50. The van der Waals surface area contributed by atoms with Crippen molar-refractivity contribution in [2.45, 2.75) is 0 Å².